The molecule has 1 fully saturated rings. The van der Waals surface area contributed by atoms with Gasteiger partial charge in [-0.25, -0.2) is 8.42 Å². The molecule has 0 N–H and O–H groups in total. The van der Waals surface area contributed by atoms with Crippen LogP contribution in [0.4, 0.5) is 0 Å². The highest BCUT2D eigenvalue weighted by molar-refractivity contribution is 7.91. The number of hydrogen-bond acceptors (Lipinski definition) is 5. The van der Waals surface area contributed by atoms with Crippen LogP contribution in [0.2, 0.25) is 0 Å². The summed E-state index contributed by atoms with van der Waals surface area (Å²) in [5.41, 5.74) is 4.49. The average molecular weight is 466 g/mol. The van der Waals surface area contributed by atoms with Crippen molar-refractivity contribution in [3.63, 3.8) is 0 Å². The van der Waals surface area contributed by atoms with Crippen LogP contribution in [0.1, 0.15) is 60.0 Å². The number of allylic oxidation sites excluding steroid dienone is 1. The number of aryl methyl sites for hydroxylation is 1. The monoisotopic (exact) mass is 466 g/mol. The number of sulfone groups is 1. The summed E-state index contributed by atoms with van der Waals surface area (Å²) in [5.74, 6) is 1.40. The molecule has 1 saturated heterocycles. The van der Waals surface area contributed by atoms with Crippen LogP contribution in [-0.2, 0) is 19.4 Å². The zero-order chi connectivity index (χ0) is 24.0. The minimum absolute atomic E-state index is 0.0183. The van der Waals surface area contributed by atoms with E-state index in [4.69, 9.17) is 17.3 Å². The molecule has 0 bridgehead atoms. The molecule has 1 unspecified atom stereocenters. The standard InChI is InChI=1S/C26H31BO5S/c1-18-16-19(17-24(31-2)25(18)27)6-4-5-7-23(28)26(32-3)22-10-8-20(9-11-22)21-12-14-33(29,30)15-13-21/h4,6,8-11,16-17,21,26H,5,7,12-15H2,1-3H3/b6-4+. The van der Waals surface area contributed by atoms with Crippen molar-refractivity contribution in [2.45, 2.75) is 44.6 Å². The Kier molecular flexibility index (Phi) is 8.54. The fourth-order valence-corrected chi connectivity index (χ4v) is 5.75. The van der Waals surface area contributed by atoms with Crippen LogP contribution in [0.25, 0.3) is 6.08 Å². The van der Waals surface area contributed by atoms with Gasteiger partial charge >= 0.3 is 0 Å². The van der Waals surface area contributed by atoms with Gasteiger partial charge in [-0.3, -0.25) is 4.79 Å². The molecule has 0 aromatic heterocycles. The van der Waals surface area contributed by atoms with Gasteiger partial charge in [0.15, 0.2) is 5.78 Å². The molecule has 0 amide bonds. The summed E-state index contributed by atoms with van der Waals surface area (Å²) in [6, 6.07) is 11.7. The molecule has 5 nitrogen and oxygen atoms in total. The number of Topliss-reactive ketones (excluding diaryl/α,β-unsaturated/α-hetero) is 1. The van der Waals surface area contributed by atoms with Gasteiger partial charge in [0.2, 0.25) is 0 Å². The first-order valence-electron chi connectivity index (χ1n) is 11.2. The highest BCUT2D eigenvalue weighted by atomic mass is 32.2. The zero-order valence-corrected chi connectivity index (χ0v) is 20.4. The summed E-state index contributed by atoms with van der Waals surface area (Å²) < 4.78 is 34.1. The molecule has 2 radical (unpaired) electrons. The second-order valence-electron chi connectivity index (χ2n) is 8.57. The van der Waals surface area contributed by atoms with E-state index in [-0.39, 0.29) is 23.2 Å². The second kappa shape index (κ2) is 11.2. The van der Waals surface area contributed by atoms with Gasteiger partial charge in [0, 0.05) is 13.5 Å². The van der Waals surface area contributed by atoms with Gasteiger partial charge < -0.3 is 9.47 Å². The molecule has 1 atom stereocenters. The SMILES string of the molecule is [B]c1c(C)cc(/C=C/CCC(=O)C(OC)c2ccc(C3CCS(=O)(=O)CC3)cc2)cc1OC. The number of rotatable bonds is 9. The molecule has 0 aliphatic carbocycles. The summed E-state index contributed by atoms with van der Waals surface area (Å²) in [7, 11) is 6.25. The minimum atomic E-state index is -2.88. The smallest absolute Gasteiger partial charge is 0.166 e. The van der Waals surface area contributed by atoms with Crippen LogP contribution in [0.15, 0.2) is 42.5 Å². The van der Waals surface area contributed by atoms with Gasteiger partial charge in [0.05, 0.1) is 18.6 Å². The third kappa shape index (κ3) is 6.58. The van der Waals surface area contributed by atoms with Crippen LogP contribution in [0, 0.1) is 6.92 Å². The number of carbonyl (C=O) groups excluding carboxylic acids is 1. The summed E-state index contributed by atoms with van der Waals surface area (Å²) >= 11 is 0. The Morgan fingerprint density at radius 1 is 1.15 bits per heavy atom. The van der Waals surface area contributed by atoms with Crippen LogP contribution in [0.5, 0.6) is 5.75 Å². The summed E-state index contributed by atoms with van der Waals surface area (Å²) in [6.45, 7) is 1.93. The van der Waals surface area contributed by atoms with Crippen molar-refractivity contribution in [1.29, 1.82) is 0 Å². The Bertz CT molecular complexity index is 1090. The third-order valence-corrected chi connectivity index (χ3v) is 7.97. The highest BCUT2D eigenvalue weighted by Gasteiger charge is 2.25. The second-order valence-corrected chi connectivity index (χ2v) is 10.9. The first-order chi connectivity index (χ1) is 15.7. The Morgan fingerprint density at radius 2 is 1.82 bits per heavy atom. The predicted octanol–water partition coefficient (Wildman–Crippen LogP) is 3.84. The Hall–Kier alpha value is -2.38. The van der Waals surface area contributed by atoms with Crippen molar-refractivity contribution in [1.82, 2.24) is 0 Å². The first kappa shape index (κ1) is 25.3. The van der Waals surface area contributed by atoms with E-state index in [9.17, 15) is 13.2 Å². The lowest BCUT2D eigenvalue weighted by molar-refractivity contribution is -0.129. The molecule has 7 heteroatoms. The molecule has 3 rings (SSSR count). The van der Waals surface area contributed by atoms with Crippen molar-refractivity contribution < 1.29 is 22.7 Å². The van der Waals surface area contributed by atoms with E-state index in [1.54, 1.807) is 14.2 Å². The van der Waals surface area contributed by atoms with E-state index < -0.39 is 15.9 Å². The fourth-order valence-electron chi connectivity index (χ4n) is 4.25. The highest BCUT2D eigenvalue weighted by Crippen LogP contribution is 2.30. The van der Waals surface area contributed by atoms with Crippen LogP contribution in [-0.4, -0.2) is 47.8 Å². The van der Waals surface area contributed by atoms with E-state index in [0.29, 0.717) is 36.9 Å². The largest absolute Gasteiger partial charge is 0.497 e. The molecule has 2 aromatic carbocycles. The van der Waals surface area contributed by atoms with Crippen LogP contribution in [0.3, 0.4) is 0 Å². The molecule has 0 saturated carbocycles. The van der Waals surface area contributed by atoms with E-state index in [2.05, 4.69) is 0 Å². The molecular formula is C26H31BO5S. The van der Waals surface area contributed by atoms with Crippen molar-refractivity contribution in [3.05, 3.63) is 64.7 Å². The maximum absolute atomic E-state index is 12.8. The topological polar surface area (TPSA) is 69.7 Å². The van der Waals surface area contributed by atoms with E-state index >= 15 is 0 Å². The van der Waals surface area contributed by atoms with E-state index in [1.807, 2.05) is 55.5 Å². The van der Waals surface area contributed by atoms with Gasteiger partial charge in [-0.05, 0) is 54.9 Å². The van der Waals surface area contributed by atoms with Crippen molar-refractivity contribution in [3.8, 4) is 5.75 Å². The van der Waals surface area contributed by atoms with Crippen LogP contribution >= 0.6 is 0 Å². The van der Waals surface area contributed by atoms with Crippen molar-refractivity contribution in [2.24, 2.45) is 0 Å². The quantitative estimate of drug-likeness (QED) is 0.526. The normalized spacial score (nSPS) is 17.2. The molecule has 1 aliphatic rings. The fraction of sp³-hybridized carbons (Fsp3) is 0.423. The molecule has 33 heavy (non-hydrogen) atoms. The van der Waals surface area contributed by atoms with Gasteiger partial charge in [-0.1, -0.05) is 53.5 Å². The molecule has 1 heterocycles. The number of methoxy groups -OCH3 is 2. The number of ether oxygens (including phenoxy) is 2. The summed E-state index contributed by atoms with van der Waals surface area (Å²) in [5, 5.41) is 0. The average Bonchev–Trinajstić information content (AvgIpc) is 2.80. The Labute approximate surface area is 198 Å². The summed E-state index contributed by atoms with van der Waals surface area (Å²) in [6.07, 6.45) is 5.58. The molecular weight excluding hydrogens is 435 g/mol. The lowest BCUT2D eigenvalue weighted by Gasteiger charge is -2.23. The molecule has 0 spiro atoms. The van der Waals surface area contributed by atoms with E-state index in [0.717, 1.165) is 22.3 Å². The number of benzene rings is 2. The summed E-state index contributed by atoms with van der Waals surface area (Å²) in [4.78, 5) is 12.8. The van der Waals surface area contributed by atoms with Crippen molar-refractivity contribution >= 4 is 35.0 Å². The molecule has 2 aromatic rings. The lowest BCUT2D eigenvalue weighted by atomic mass is 9.88. The first-order valence-corrected chi connectivity index (χ1v) is 13.0. The number of ketones is 1. The number of hydrogen-bond donors (Lipinski definition) is 0. The molecule has 174 valence electrons. The maximum atomic E-state index is 12.8. The van der Waals surface area contributed by atoms with Crippen LogP contribution < -0.4 is 10.2 Å². The lowest BCUT2D eigenvalue weighted by Crippen LogP contribution is -2.22. The Morgan fingerprint density at radius 3 is 2.42 bits per heavy atom. The van der Waals surface area contributed by atoms with E-state index in [1.165, 1.54) is 0 Å². The molecule has 1 aliphatic heterocycles. The van der Waals surface area contributed by atoms with Gasteiger partial charge in [0.25, 0.3) is 0 Å². The zero-order valence-electron chi connectivity index (χ0n) is 19.5. The third-order valence-electron chi connectivity index (χ3n) is 6.25. The van der Waals surface area contributed by atoms with Gasteiger partial charge in [-0.15, -0.1) is 0 Å². The van der Waals surface area contributed by atoms with Crippen molar-refractivity contribution in [2.75, 3.05) is 25.7 Å². The number of carbonyl (C=O) groups is 1. The van der Waals surface area contributed by atoms with Gasteiger partial charge in [0.1, 0.15) is 29.5 Å². The maximum Gasteiger partial charge on any atom is 0.166 e. The minimum Gasteiger partial charge on any atom is -0.497 e. The Balaban J connectivity index is 1.58. The predicted molar refractivity (Wildman–Crippen MR) is 133 cm³/mol. The van der Waals surface area contributed by atoms with Gasteiger partial charge in [-0.2, -0.15) is 0 Å².